The van der Waals surface area contributed by atoms with Gasteiger partial charge in [0.25, 0.3) is 0 Å². The molecule has 4 aromatic rings. The zero-order chi connectivity index (χ0) is 16.7. The summed E-state index contributed by atoms with van der Waals surface area (Å²) in [6.07, 6.45) is 1.81. The van der Waals surface area contributed by atoms with Crippen molar-refractivity contribution >= 4 is 27.9 Å². The molecule has 0 amide bonds. The number of rotatable bonds is 2. The van der Waals surface area contributed by atoms with Crippen molar-refractivity contribution in [3.63, 3.8) is 0 Å². The number of carbonyl (C=O) groups is 1. The summed E-state index contributed by atoms with van der Waals surface area (Å²) in [4.78, 5) is 24.4. The number of pyridine rings is 2. The number of H-pyrrole nitrogens is 1. The van der Waals surface area contributed by atoms with Crippen LogP contribution in [0.2, 0.25) is 0 Å². The monoisotopic (exact) mass is 317 g/mol. The van der Waals surface area contributed by atoms with Gasteiger partial charge in [0, 0.05) is 22.5 Å². The number of fused-ring (bicyclic) bond motifs is 3. The fourth-order valence-electron chi connectivity index (χ4n) is 2.89. The number of esters is 1. The van der Waals surface area contributed by atoms with Crippen LogP contribution in [-0.2, 0) is 4.74 Å². The Morgan fingerprint density at radius 2 is 1.92 bits per heavy atom. The number of carbonyl (C=O) groups excluding carboxylic acids is 1. The van der Waals surface area contributed by atoms with E-state index in [0.29, 0.717) is 5.69 Å². The first kappa shape index (κ1) is 14.4. The summed E-state index contributed by atoms with van der Waals surface area (Å²) in [5.74, 6) is -0.455. The predicted molar refractivity (Wildman–Crippen MR) is 92.9 cm³/mol. The fourth-order valence-corrected chi connectivity index (χ4v) is 2.89. The fraction of sp³-hybridized carbons (Fsp3) is 0.105. The van der Waals surface area contributed by atoms with E-state index in [1.54, 1.807) is 6.07 Å². The van der Waals surface area contributed by atoms with Gasteiger partial charge in [-0.3, -0.25) is 0 Å². The van der Waals surface area contributed by atoms with Crippen LogP contribution in [0.3, 0.4) is 0 Å². The van der Waals surface area contributed by atoms with Crippen molar-refractivity contribution in [2.24, 2.45) is 0 Å². The Morgan fingerprint density at radius 3 is 2.67 bits per heavy atom. The summed E-state index contributed by atoms with van der Waals surface area (Å²) in [5.41, 5.74) is 4.62. The molecule has 0 aliphatic rings. The van der Waals surface area contributed by atoms with Gasteiger partial charge in [-0.15, -0.1) is 0 Å². The van der Waals surface area contributed by atoms with Gasteiger partial charge in [0.1, 0.15) is 11.3 Å². The molecule has 24 heavy (non-hydrogen) atoms. The predicted octanol–water partition coefficient (Wildman–Crippen LogP) is 3.87. The summed E-state index contributed by atoms with van der Waals surface area (Å²) in [7, 11) is 1.36. The Morgan fingerprint density at radius 1 is 1.12 bits per heavy atom. The lowest BCUT2D eigenvalue weighted by Crippen LogP contribution is -2.05. The van der Waals surface area contributed by atoms with Crippen molar-refractivity contribution in [2.45, 2.75) is 6.92 Å². The highest BCUT2D eigenvalue weighted by Crippen LogP contribution is 2.32. The first-order valence-electron chi connectivity index (χ1n) is 7.60. The minimum atomic E-state index is -0.455. The van der Waals surface area contributed by atoms with E-state index in [4.69, 9.17) is 4.74 Å². The molecule has 4 rings (SSSR count). The Hall–Kier alpha value is -3.21. The first-order valence-corrected chi connectivity index (χ1v) is 7.60. The molecular weight excluding hydrogens is 302 g/mol. The molecule has 0 unspecified atom stereocenters. The van der Waals surface area contributed by atoms with Crippen LogP contribution in [0.25, 0.3) is 33.2 Å². The Kier molecular flexibility index (Phi) is 3.27. The summed E-state index contributed by atoms with van der Waals surface area (Å²) in [6.45, 7) is 1.99. The number of benzene rings is 1. The van der Waals surface area contributed by atoms with Gasteiger partial charge in [-0.1, -0.05) is 30.3 Å². The van der Waals surface area contributed by atoms with Gasteiger partial charge in [-0.25, -0.2) is 14.8 Å². The number of aromatic amines is 1. The van der Waals surface area contributed by atoms with Crippen molar-refractivity contribution < 1.29 is 9.53 Å². The zero-order valence-corrected chi connectivity index (χ0v) is 13.3. The lowest BCUT2D eigenvalue weighted by atomic mass is 10.1. The second-order valence-electron chi connectivity index (χ2n) is 5.67. The number of hydrogen-bond donors (Lipinski definition) is 1. The quantitative estimate of drug-likeness (QED) is 0.570. The number of hydrogen-bond acceptors (Lipinski definition) is 4. The van der Waals surface area contributed by atoms with Gasteiger partial charge in [-0.2, -0.15) is 0 Å². The van der Waals surface area contributed by atoms with E-state index in [-0.39, 0.29) is 5.69 Å². The van der Waals surface area contributed by atoms with E-state index in [9.17, 15) is 4.79 Å². The van der Waals surface area contributed by atoms with Gasteiger partial charge in [0.05, 0.1) is 18.3 Å². The minimum Gasteiger partial charge on any atom is -0.464 e. The third kappa shape index (κ3) is 2.22. The van der Waals surface area contributed by atoms with Gasteiger partial charge in [0.2, 0.25) is 0 Å². The van der Waals surface area contributed by atoms with Crippen molar-refractivity contribution in [3.05, 3.63) is 59.9 Å². The van der Waals surface area contributed by atoms with E-state index in [1.165, 1.54) is 7.11 Å². The SMILES string of the molecule is COC(=O)c1cc2c([nH]c3ncc(C)cc32)c(-c2ccccc2)n1. The normalized spacial score (nSPS) is 11.1. The molecule has 0 aliphatic carbocycles. The number of aryl methyl sites for hydroxylation is 1. The molecular formula is C19H15N3O2. The highest BCUT2D eigenvalue weighted by Gasteiger charge is 2.17. The average molecular weight is 317 g/mol. The topological polar surface area (TPSA) is 67.9 Å². The molecule has 0 fully saturated rings. The highest BCUT2D eigenvalue weighted by atomic mass is 16.5. The molecule has 1 N–H and O–H groups in total. The highest BCUT2D eigenvalue weighted by molar-refractivity contribution is 6.11. The molecule has 0 aliphatic heterocycles. The maximum absolute atomic E-state index is 12.1. The van der Waals surface area contributed by atoms with Gasteiger partial charge in [-0.05, 0) is 24.6 Å². The summed E-state index contributed by atoms with van der Waals surface area (Å²) in [5, 5.41) is 1.88. The third-order valence-corrected chi connectivity index (χ3v) is 4.02. The van der Waals surface area contributed by atoms with Crippen LogP contribution in [0.4, 0.5) is 0 Å². The summed E-state index contributed by atoms with van der Waals surface area (Å²) >= 11 is 0. The largest absolute Gasteiger partial charge is 0.464 e. The molecule has 5 heteroatoms. The molecule has 0 saturated heterocycles. The zero-order valence-electron chi connectivity index (χ0n) is 13.3. The second kappa shape index (κ2) is 5.45. The van der Waals surface area contributed by atoms with Crippen molar-refractivity contribution in [2.75, 3.05) is 7.11 Å². The van der Waals surface area contributed by atoms with E-state index in [0.717, 1.165) is 33.1 Å². The molecule has 0 bridgehead atoms. The van der Waals surface area contributed by atoms with E-state index < -0.39 is 5.97 Å². The van der Waals surface area contributed by atoms with Crippen molar-refractivity contribution in [3.8, 4) is 11.3 Å². The van der Waals surface area contributed by atoms with Gasteiger partial charge >= 0.3 is 5.97 Å². The molecule has 1 aromatic carbocycles. The average Bonchev–Trinajstić information content (AvgIpc) is 2.99. The molecule has 0 radical (unpaired) electrons. The molecule has 0 atom stereocenters. The van der Waals surface area contributed by atoms with Crippen molar-refractivity contribution in [1.29, 1.82) is 0 Å². The summed E-state index contributed by atoms with van der Waals surface area (Å²) < 4.78 is 4.86. The Balaban J connectivity index is 2.13. The van der Waals surface area contributed by atoms with E-state index in [2.05, 4.69) is 21.0 Å². The van der Waals surface area contributed by atoms with Crippen LogP contribution in [0, 0.1) is 6.92 Å². The number of nitrogens with one attached hydrogen (secondary N) is 1. The maximum atomic E-state index is 12.1. The number of nitrogens with zero attached hydrogens (tertiary/aromatic N) is 2. The third-order valence-electron chi connectivity index (χ3n) is 4.02. The molecule has 5 nitrogen and oxygen atoms in total. The smallest absolute Gasteiger partial charge is 0.356 e. The van der Waals surface area contributed by atoms with Gasteiger partial charge < -0.3 is 9.72 Å². The second-order valence-corrected chi connectivity index (χ2v) is 5.67. The van der Waals surface area contributed by atoms with Crippen LogP contribution in [0.15, 0.2) is 48.7 Å². The Labute approximate surface area is 138 Å². The van der Waals surface area contributed by atoms with Crippen LogP contribution in [-0.4, -0.2) is 28.0 Å². The minimum absolute atomic E-state index is 0.284. The van der Waals surface area contributed by atoms with E-state index >= 15 is 0 Å². The first-order chi connectivity index (χ1) is 11.7. The van der Waals surface area contributed by atoms with Gasteiger partial charge in [0.15, 0.2) is 0 Å². The molecule has 0 spiro atoms. The van der Waals surface area contributed by atoms with Crippen LogP contribution >= 0.6 is 0 Å². The summed E-state index contributed by atoms with van der Waals surface area (Å²) in [6, 6.07) is 13.6. The van der Waals surface area contributed by atoms with Crippen LogP contribution < -0.4 is 0 Å². The lowest BCUT2D eigenvalue weighted by Gasteiger charge is -2.06. The van der Waals surface area contributed by atoms with Crippen LogP contribution in [0.1, 0.15) is 16.1 Å². The van der Waals surface area contributed by atoms with Crippen LogP contribution in [0.5, 0.6) is 0 Å². The molecule has 3 heterocycles. The molecule has 118 valence electrons. The standard InChI is InChI=1S/C19H15N3O2/c1-11-8-14-13-9-15(19(23)24-2)21-16(12-6-4-3-5-7-12)17(13)22-18(14)20-10-11/h3-10H,1-2H3,(H,20,22). The molecule has 0 saturated carbocycles. The Bertz CT molecular complexity index is 1070. The number of aromatic nitrogens is 3. The number of ether oxygens (including phenoxy) is 1. The van der Waals surface area contributed by atoms with Crippen molar-refractivity contribution in [1.82, 2.24) is 15.0 Å². The maximum Gasteiger partial charge on any atom is 0.356 e. The number of methoxy groups -OCH3 is 1. The van der Waals surface area contributed by atoms with E-state index in [1.807, 2.05) is 43.5 Å². The molecule has 3 aromatic heterocycles. The lowest BCUT2D eigenvalue weighted by molar-refractivity contribution is 0.0594.